The second kappa shape index (κ2) is 5.58. The van der Waals surface area contributed by atoms with Crippen LogP contribution in [0.3, 0.4) is 0 Å². The number of hydrogen-bond acceptors (Lipinski definition) is 4. The van der Waals surface area contributed by atoms with Gasteiger partial charge >= 0.3 is 5.51 Å². The molecule has 0 atom stereocenters. The first kappa shape index (κ1) is 15.4. The minimum Gasteiger partial charge on any atom is -0.311 e. The Morgan fingerprint density at radius 2 is 2.14 bits per heavy atom. The van der Waals surface area contributed by atoms with Gasteiger partial charge in [-0.05, 0) is 41.3 Å². The first-order valence-corrected chi connectivity index (χ1v) is 8.23. The van der Waals surface area contributed by atoms with Crippen LogP contribution in [0, 0.1) is 0 Å². The fourth-order valence-electron chi connectivity index (χ4n) is 2.26. The van der Waals surface area contributed by atoms with Crippen molar-refractivity contribution in [2.45, 2.75) is 23.7 Å². The Balaban J connectivity index is 2.09. The summed E-state index contributed by atoms with van der Waals surface area (Å²) in [6.45, 7) is 2.06. The zero-order chi connectivity index (χ0) is 15.9. The largest absolute Gasteiger partial charge is 0.446 e. The molecule has 0 radical (unpaired) electrons. The van der Waals surface area contributed by atoms with Crippen LogP contribution in [0.2, 0.25) is 0 Å². The van der Waals surface area contributed by atoms with Crippen LogP contribution in [0.25, 0.3) is 21.9 Å². The second-order valence-electron chi connectivity index (χ2n) is 4.68. The Kier molecular flexibility index (Phi) is 3.90. The fraction of sp³-hybridized carbons (Fsp3) is 0.286. The number of halogens is 3. The molecule has 0 aliphatic carbocycles. The maximum atomic E-state index is 12.5. The van der Waals surface area contributed by atoms with E-state index in [4.69, 9.17) is 0 Å². The summed E-state index contributed by atoms with van der Waals surface area (Å²) in [4.78, 5) is 9.70. The van der Waals surface area contributed by atoms with Crippen LogP contribution in [0.1, 0.15) is 12.5 Å². The molecule has 0 unspecified atom stereocenters. The minimum atomic E-state index is -4.32. The van der Waals surface area contributed by atoms with E-state index >= 15 is 0 Å². The van der Waals surface area contributed by atoms with Crippen LogP contribution >= 0.6 is 23.1 Å². The molecule has 0 N–H and O–H groups in total. The molecule has 0 spiro atoms. The maximum absolute atomic E-state index is 12.5. The van der Waals surface area contributed by atoms with E-state index in [-0.39, 0.29) is 16.7 Å². The van der Waals surface area contributed by atoms with Gasteiger partial charge in [-0.15, -0.1) is 11.3 Å². The molecule has 3 aromatic heterocycles. The lowest BCUT2D eigenvalue weighted by molar-refractivity contribution is -0.0328. The van der Waals surface area contributed by atoms with Crippen LogP contribution in [0.5, 0.6) is 0 Å². The number of nitrogens with zero attached hydrogens (tertiary/aromatic N) is 3. The van der Waals surface area contributed by atoms with Gasteiger partial charge in [-0.2, -0.15) is 13.2 Å². The molecule has 0 aromatic carbocycles. The first-order chi connectivity index (χ1) is 10.4. The summed E-state index contributed by atoms with van der Waals surface area (Å²) in [5, 5.41) is 1.99. The number of hydrogen-bond donors (Lipinski definition) is 0. The van der Waals surface area contributed by atoms with E-state index in [0.29, 0.717) is 11.2 Å². The third-order valence-electron chi connectivity index (χ3n) is 3.25. The predicted octanol–water partition coefficient (Wildman–Crippen LogP) is 4.87. The number of pyridine rings is 1. The number of aromatic nitrogens is 3. The molecule has 3 nitrogen and oxygen atoms in total. The lowest BCUT2D eigenvalue weighted by Gasteiger charge is -2.04. The van der Waals surface area contributed by atoms with Crippen molar-refractivity contribution < 1.29 is 13.2 Å². The molecule has 22 heavy (non-hydrogen) atoms. The average molecular weight is 343 g/mol. The molecule has 0 aliphatic rings. The molecule has 0 amide bonds. The molecule has 0 saturated carbocycles. The molecule has 116 valence electrons. The van der Waals surface area contributed by atoms with Crippen molar-refractivity contribution in [1.29, 1.82) is 0 Å². The van der Waals surface area contributed by atoms with E-state index in [1.54, 1.807) is 11.3 Å². The number of rotatable bonds is 3. The van der Waals surface area contributed by atoms with Gasteiger partial charge in [-0.25, -0.2) is 9.97 Å². The molecule has 3 rings (SSSR count). The molecule has 0 fully saturated rings. The Morgan fingerprint density at radius 3 is 2.82 bits per heavy atom. The van der Waals surface area contributed by atoms with Crippen molar-refractivity contribution in [2.24, 2.45) is 7.05 Å². The van der Waals surface area contributed by atoms with E-state index in [9.17, 15) is 13.2 Å². The van der Waals surface area contributed by atoms with Crippen LogP contribution in [0.15, 0.2) is 28.6 Å². The highest BCUT2D eigenvalue weighted by Crippen LogP contribution is 2.38. The summed E-state index contributed by atoms with van der Waals surface area (Å²) in [6, 6.07) is 3.47. The number of fused-ring (bicyclic) bond motifs is 1. The predicted molar refractivity (Wildman–Crippen MR) is 83.1 cm³/mol. The molecule has 3 aromatic rings. The average Bonchev–Trinajstić information content (AvgIpc) is 3.01. The normalized spacial score (nSPS) is 12.2. The Labute approximate surface area is 133 Å². The molecular formula is C14H12F3N3S2. The summed E-state index contributed by atoms with van der Waals surface area (Å²) < 4.78 is 39.2. The third-order valence-corrected chi connectivity index (χ3v) is 4.89. The third kappa shape index (κ3) is 2.85. The lowest BCUT2D eigenvalue weighted by atomic mass is 10.2. The van der Waals surface area contributed by atoms with E-state index in [1.807, 2.05) is 23.1 Å². The first-order valence-electron chi connectivity index (χ1n) is 6.54. The topological polar surface area (TPSA) is 30.7 Å². The van der Waals surface area contributed by atoms with Gasteiger partial charge in [0.25, 0.3) is 0 Å². The van der Waals surface area contributed by atoms with Crippen LogP contribution < -0.4 is 0 Å². The van der Waals surface area contributed by atoms with Crippen molar-refractivity contribution in [3.8, 4) is 10.7 Å². The minimum absolute atomic E-state index is 0.0477. The zero-order valence-electron chi connectivity index (χ0n) is 11.8. The highest BCUT2D eigenvalue weighted by molar-refractivity contribution is 8.00. The number of thioether (sulfide) groups is 1. The summed E-state index contributed by atoms with van der Waals surface area (Å²) in [6.07, 6.45) is 2.12. The van der Waals surface area contributed by atoms with Gasteiger partial charge in [0.2, 0.25) is 0 Å². The van der Waals surface area contributed by atoms with Gasteiger partial charge in [0.05, 0.1) is 4.88 Å². The molecule has 0 saturated heterocycles. The van der Waals surface area contributed by atoms with E-state index in [1.165, 1.54) is 17.8 Å². The van der Waals surface area contributed by atoms with Gasteiger partial charge in [0, 0.05) is 18.1 Å². The number of aryl methyl sites for hydroxylation is 2. The zero-order valence-corrected chi connectivity index (χ0v) is 13.4. The quantitative estimate of drug-likeness (QED) is 0.636. The highest BCUT2D eigenvalue weighted by atomic mass is 32.2. The van der Waals surface area contributed by atoms with Crippen molar-refractivity contribution >= 4 is 34.3 Å². The molecule has 8 heteroatoms. The standard InChI is InChI=1S/C14H12F3N3S2/c1-3-8-4-5-21-11(8)13-19-10-6-9(22-14(15,16)17)7-18-12(10)20(13)2/h4-7H,3H2,1-2H3. The van der Waals surface area contributed by atoms with Crippen LogP contribution in [0.4, 0.5) is 13.2 Å². The maximum Gasteiger partial charge on any atom is 0.446 e. The second-order valence-corrected chi connectivity index (χ2v) is 6.74. The summed E-state index contributed by atoms with van der Waals surface area (Å²) in [5.41, 5.74) is -2.09. The molecule has 3 heterocycles. The lowest BCUT2D eigenvalue weighted by Crippen LogP contribution is -1.99. The van der Waals surface area contributed by atoms with Gasteiger partial charge in [-0.1, -0.05) is 6.92 Å². The molecule has 0 bridgehead atoms. The Bertz CT molecular complexity index is 820. The van der Waals surface area contributed by atoms with E-state index < -0.39 is 5.51 Å². The summed E-state index contributed by atoms with van der Waals surface area (Å²) in [7, 11) is 1.83. The number of thiophene rings is 1. The van der Waals surface area contributed by atoms with Gasteiger partial charge in [0.15, 0.2) is 11.5 Å². The summed E-state index contributed by atoms with van der Waals surface area (Å²) in [5.74, 6) is 0.739. The Morgan fingerprint density at radius 1 is 1.36 bits per heavy atom. The molecular weight excluding hydrogens is 331 g/mol. The Hall–Kier alpha value is -1.54. The highest BCUT2D eigenvalue weighted by Gasteiger charge is 2.29. The van der Waals surface area contributed by atoms with Gasteiger partial charge in [0.1, 0.15) is 5.52 Å². The van der Waals surface area contributed by atoms with Crippen molar-refractivity contribution in [2.75, 3.05) is 0 Å². The number of alkyl halides is 3. The van der Waals surface area contributed by atoms with Crippen LogP contribution in [-0.4, -0.2) is 20.0 Å². The smallest absolute Gasteiger partial charge is 0.311 e. The van der Waals surface area contributed by atoms with Crippen molar-refractivity contribution in [3.05, 3.63) is 29.3 Å². The number of imidazole rings is 1. The van der Waals surface area contributed by atoms with E-state index in [2.05, 4.69) is 16.9 Å². The summed E-state index contributed by atoms with van der Waals surface area (Å²) >= 11 is 1.40. The van der Waals surface area contributed by atoms with Gasteiger partial charge < -0.3 is 4.57 Å². The fourth-order valence-corrected chi connectivity index (χ4v) is 3.82. The monoisotopic (exact) mass is 343 g/mol. The van der Waals surface area contributed by atoms with Crippen LogP contribution in [-0.2, 0) is 13.5 Å². The SMILES string of the molecule is CCc1ccsc1-c1nc2cc(SC(F)(F)F)cnc2n1C. The van der Waals surface area contributed by atoms with Crippen molar-refractivity contribution in [1.82, 2.24) is 14.5 Å². The van der Waals surface area contributed by atoms with Crippen molar-refractivity contribution in [3.63, 3.8) is 0 Å². The van der Waals surface area contributed by atoms with Gasteiger partial charge in [-0.3, -0.25) is 0 Å². The molecule has 0 aliphatic heterocycles. The van der Waals surface area contributed by atoms with E-state index in [0.717, 1.165) is 17.1 Å².